The number of piperazine rings is 1. The quantitative estimate of drug-likeness (QED) is 0.388. The second-order valence-electron chi connectivity index (χ2n) is 10.9. The molecule has 0 atom stereocenters. The highest BCUT2D eigenvalue weighted by Gasteiger charge is 2.27. The summed E-state index contributed by atoms with van der Waals surface area (Å²) in [5.41, 5.74) is 4.21. The lowest BCUT2D eigenvalue weighted by Crippen LogP contribution is -2.50. The largest absolute Gasteiger partial charge is 0.444 e. The lowest BCUT2D eigenvalue weighted by atomic mass is 10.1. The number of aromatic nitrogens is 3. The molecule has 2 amide bonds. The minimum atomic E-state index is -0.537. The maximum Gasteiger partial charge on any atom is 0.410 e. The smallest absolute Gasteiger partial charge is 0.410 e. The fourth-order valence-corrected chi connectivity index (χ4v) is 5.03. The standard InChI is InChI=1S/C28H33FN6O3/c1-16-13-20-22(33-9-11-34(12-10-33)27(37)38-28(4,5)6)8-7-19(24(20)31-16)26(36)32-21-15-35-14-17(2)30-18(3)25(35)23(21)29/h7-8,13-15,31H,9-12H2,1-6H3,(H,32,36). The Morgan fingerprint density at radius 1 is 1.08 bits per heavy atom. The van der Waals surface area contributed by atoms with E-state index in [2.05, 4.69) is 20.2 Å². The van der Waals surface area contributed by atoms with E-state index in [4.69, 9.17) is 4.74 Å². The molecule has 1 aliphatic rings. The number of nitrogens with one attached hydrogen (secondary N) is 2. The Balaban J connectivity index is 1.39. The van der Waals surface area contributed by atoms with E-state index < -0.39 is 17.3 Å². The number of carbonyl (C=O) groups excluding carboxylic acids is 2. The molecule has 38 heavy (non-hydrogen) atoms. The van der Waals surface area contributed by atoms with Crippen LogP contribution in [0.25, 0.3) is 16.4 Å². The Labute approximate surface area is 220 Å². The summed E-state index contributed by atoms with van der Waals surface area (Å²) in [6.07, 6.45) is 2.99. The van der Waals surface area contributed by atoms with E-state index in [9.17, 15) is 9.59 Å². The highest BCUT2D eigenvalue weighted by atomic mass is 19.1. The summed E-state index contributed by atoms with van der Waals surface area (Å²) in [5, 5.41) is 3.65. The van der Waals surface area contributed by atoms with Gasteiger partial charge in [-0.2, -0.15) is 0 Å². The van der Waals surface area contributed by atoms with Crippen molar-refractivity contribution in [1.29, 1.82) is 0 Å². The van der Waals surface area contributed by atoms with Gasteiger partial charge in [0.1, 0.15) is 11.1 Å². The molecule has 0 spiro atoms. The second-order valence-corrected chi connectivity index (χ2v) is 10.9. The van der Waals surface area contributed by atoms with Gasteiger partial charge in [-0.1, -0.05) is 0 Å². The number of H-pyrrole nitrogens is 1. The lowest BCUT2D eigenvalue weighted by Gasteiger charge is -2.37. The van der Waals surface area contributed by atoms with Gasteiger partial charge >= 0.3 is 6.09 Å². The number of aryl methyl sites for hydroxylation is 3. The lowest BCUT2D eigenvalue weighted by molar-refractivity contribution is 0.0240. The summed E-state index contributed by atoms with van der Waals surface area (Å²) in [6.45, 7) is 13.4. The van der Waals surface area contributed by atoms with Gasteiger partial charge in [-0.25, -0.2) is 9.18 Å². The molecule has 10 heteroatoms. The molecular weight excluding hydrogens is 487 g/mol. The first-order valence-electron chi connectivity index (χ1n) is 12.7. The minimum absolute atomic E-state index is 0.101. The number of halogens is 1. The van der Waals surface area contributed by atoms with Crippen LogP contribution in [0.3, 0.4) is 0 Å². The predicted octanol–water partition coefficient (Wildman–Crippen LogP) is 5.19. The number of aromatic amines is 1. The monoisotopic (exact) mass is 520 g/mol. The van der Waals surface area contributed by atoms with Crippen molar-refractivity contribution >= 4 is 39.8 Å². The molecule has 1 aromatic carbocycles. The number of amides is 2. The van der Waals surface area contributed by atoms with Crippen LogP contribution >= 0.6 is 0 Å². The zero-order valence-corrected chi connectivity index (χ0v) is 22.6. The summed E-state index contributed by atoms with van der Waals surface area (Å²) in [7, 11) is 0. The van der Waals surface area contributed by atoms with Crippen LogP contribution in [0, 0.1) is 26.6 Å². The molecule has 1 saturated heterocycles. The number of benzene rings is 1. The average molecular weight is 521 g/mol. The molecule has 0 unspecified atom stereocenters. The molecule has 4 aromatic rings. The summed E-state index contributed by atoms with van der Waals surface area (Å²) in [4.78, 5) is 37.4. The molecule has 5 rings (SSSR count). The van der Waals surface area contributed by atoms with E-state index in [-0.39, 0.29) is 11.8 Å². The number of nitrogens with zero attached hydrogens (tertiary/aromatic N) is 4. The van der Waals surface area contributed by atoms with Gasteiger partial charge in [0.2, 0.25) is 0 Å². The van der Waals surface area contributed by atoms with E-state index in [1.807, 2.05) is 46.8 Å². The van der Waals surface area contributed by atoms with Crippen LogP contribution in [-0.2, 0) is 4.74 Å². The van der Waals surface area contributed by atoms with Crippen molar-refractivity contribution in [3.8, 4) is 0 Å². The van der Waals surface area contributed by atoms with Crippen LogP contribution in [0.4, 0.5) is 20.6 Å². The highest BCUT2D eigenvalue weighted by Crippen LogP contribution is 2.32. The zero-order valence-electron chi connectivity index (χ0n) is 22.6. The first kappa shape index (κ1) is 25.6. The number of fused-ring (bicyclic) bond motifs is 2. The average Bonchev–Trinajstić information content (AvgIpc) is 3.36. The number of rotatable bonds is 3. The highest BCUT2D eigenvalue weighted by molar-refractivity contribution is 6.14. The summed E-state index contributed by atoms with van der Waals surface area (Å²) in [5.74, 6) is -0.919. The van der Waals surface area contributed by atoms with Crippen molar-refractivity contribution < 1.29 is 18.7 Å². The molecule has 0 radical (unpaired) electrons. The fraction of sp³-hybridized carbons (Fsp3) is 0.393. The van der Waals surface area contributed by atoms with Gasteiger partial charge in [0.05, 0.1) is 28.2 Å². The van der Waals surface area contributed by atoms with E-state index in [0.29, 0.717) is 48.5 Å². The second kappa shape index (κ2) is 9.34. The molecule has 0 bridgehead atoms. The van der Waals surface area contributed by atoms with E-state index in [0.717, 1.165) is 22.5 Å². The van der Waals surface area contributed by atoms with Gasteiger partial charge < -0.3 is 29.2 Å². The van der Waals surface area contributed by atoms with Crippen LogP contribution in [0.15, 0.2) is 30.6 Å². The van der Waals surface area contributed by atoms with Gasteiger partial charge in [-0.3, -0.25) is 9.78 Å². The molecule has 9 nitrogen and oxygen atoms in total. The first-order chi connectivity index (χ1) is 17.9. The summed E-state index contributed by atoms with van der Waals surface area (Å²) >= 11 is 0. The van der Waals surface area contributed by atoms with Gasteiger partial charge in [0.25, 0.3) is 5.91 Å². The van der Waals surface area contributed by atoms with E-state index in [1.54, 1.807) is 34.7 Å². The summed E-state index contributed by atoms with van der Waals surface area (Å²) < 4.78 is 22.3. The molecule has 0 saturated carbocycles. The van der Waals surface area contributed by atoms with Crippen molar-refractivity contribution in [3.63, 3.8) is 0 Å². The van der Waals surface area contributed by atoms with Gasteiger partial charge in [-0.05, 0) is 59.7 Å². The van der Waals surface area contributed by atoms with Crippen LogP contribution in [-0.4, -0.2) is 63.0 Å². The number of anilines is 2. The van der Waals surface area contributed by atoms with Crippen molar-refractivity contribution in [2.45, 2.75) is 47.1 Å². The van der Waals surface area contributed by atoms with Crippen LogP contribution < -0.4 is 10.2 Å². The third-order valence-electron chi connectivity index (χ3n) is 6.65. The third-order valence-corrected chi connectivity index (χ3v) is 6.65. The molecule has 0 aliphatic carbocycles. The molecule has 1 fully saturated rings. The van der Waals surface area contributed by atoms with Gasteiger partial charge in [-0.15, -0.1) is 0 Å². The van der Waals surface area contributed by atoms with Gasteiger partial charge in [0.15, 0.2) is 5.82 Å². The van der Waals surface area contributed by atoms with E-state index in [1.165, 1.54) is 0 Å². The normalized spacial score (nSPS) is 14.4. The van der Waals surface area contributed by atoms with Crippen LogP contribution in [0.5, 0.6) is 0 Å². The van der Waals surface area contributed by atoms with Crippen LogP contribution in [0.1, 0.15) is 48.2 Å². The molecule has 1 aliphatic heterocycles. The van der Waals surface area contributed by atoms with Gasteiger partial charge in [0, 0.05) is 55.3 Å². The number of carbonyl (C=O) groups is 2. The van der Waals surface area contributed by atoms with Crippen molar-refractivity contribution in [2.75, 3.05) is 36.4 Å². The minimum Gasteiger partial charge on any atom is -0.444 e. The molecular formula is C28H33FN6O3. The Hall–Kier alpha value is -4.08. The molecule has 3 aromatic heterocycles. The van der Waals surface area contributed by atoms with Crippen LogP contribution in [0.2, 0.25) is 0 Å². The van der Waals surface area contributed by atoms with E-state index >= 15 is 4.39 Å². The molecule has 200 valence electrons. The number of hydrogen-bond acceptors (Lipinski definition) is 5. The Kier molecular flexibility index (Phi) is 6.28. The Morgan fingerprint density at radius 2 is 1.79 bits per heavy atom. The van der Waals surface area contributed by atoms with Crippen molar-refractivity contribution in [3.05, 3.63) is 59.1 Å². The maximum absolute atomic E-state index is 15.2. The number of ether oxygens (including phenoxy) is 1. The zero-order chi connectivity index (χ0) is 27.4. The Bertz CT molecular complexity index is 1560. The van der Waals surface area contributed by atoms with Crippen molar-refractivity contribution in [2.24, 2.45) is 0 Å². The summed E-state index contributed by atoms with van der Waals surface area (Å²) in [6, 6.07) is 5.68. The number of hydrogen-bond donors (Lipinski definition) is 2. The topological polar surface area (TPSA) is 95.0 Å². The third kappa shape index (κ3) is 4.78. The first-order valence-corrected chi connectivity index (χ1v) is 12.7. The molecule has 4 heterocycles. The maximum atomic E-state index is 15.2. The fourth-order valence-electron chi connectivity index (χ4n) is 5.03. The van der Waals surface area contributed by atoms with Crippen molar-refractivity contribution in [1.82, 2.24) is 19.3 Å². The molecule has 2 N–H and O–H groups in total. The SMILES string of the molecule is Cc1cn2cc(NC(=O)c3ccc(N4CCN(C(=O)OC(C)(C)C)CC4)c4cc(C)[nH]c34)c(F)c2c(C)n1. The Morgan fingerprint density at radius 3 is 2.47 bits per heavy atom. The predicted molar refractivity (Wildman–Crippen MR) is 146 cm³/mol.